The van der Waals surface area contributed by atoms with E-state index in [1.54, 1.807) is 0 Å². The summed E-state index contributed by atoms with van der Waals surface area (Å²) in [4.78, 5) is 0. The van der Waals surface area contributed by atoms with Crippen LogP contribution in [-0.4, -0.2) is 14.8 Å². The molecular weight excluding hydrogens is 162 g/mol. The number of rotatable bonds is 2. The normalized spacial score (nSPS) is 24.5. The largest absolute Gasteiger partial charge is 0.294 e. The molecule has 0 bridgehead atoms. The Morgan fingerprint density at radius 2 is 1.73 bits per heavy atom. The van der Waals surface area contributed by atoms with Crippen LogP contribution in [-0.2, 0) is 11.3 Å². The van der Waals surface area contributed by atoms with Crippen LogP contribution in [0.5, 0.6) is 0 Å². The Labute approximate surface area is 70.0 Å². The molecule has 1 aliphatic rings. The molecule has 0 aromatic carbocycles. The van der Waals surface area contributed by atoms with E-state index < -0.39 is 11.3 Å². The van der Waals surface area contributed by atoms with Crippen molar-refractivity contribution < 1.29 is 8.76 Å². The van der Waals surface area contributed by atoms with Crippen molar-refractivity contribution >= 4 is 11.3 Å². The van der Waals surface area contributed by atoms with E-state index in [-0.39, 0.29) is 6.04 Å². The van der Waals surface area contributed by atoms with Crippen molar-refractivity contribution in [3.8, 4) is 0 Å². The molecule has 1 aliphatic carbocycles. The molecular formula is C7H15NO2S. The van der Waals surface area contributed by atoms with Gasteiger partial charge in [-0.05, 0) is 12.8 Å². The summed E-state index contributed by atoms with van der Waals surface area (Å²) < 4.78 is 21.6. The highest BCUT2D eigenvalue weighted by molar-refractivity contribution is 7.77. The summed E-state index contributed by atoms with van der Waals surface area (Å²) in [6.45, 7) is 0. The Morgan fingerprint density at radius 1 is 1.18 bits per heavy atom. The number of nitrogens with one attached hydrogen (secondary N) is 1. The average Bonchev–Trinajstić information content (AvgIpc) is 2.14. The van der Waals surface area contributed by atoms with Crippen LogP contribution >= 0.6 is 0 Å². The fourth-order valence-electron chi connectivity index (χ4n) is 1.54. The van der Waals surface area contributed by atoms with Crippen LogP contribution in [0.3, 0.4) is 0 Å². The van der Waals surface area contributed by atoms with E-state index in [1.807, 2.05) is 0 Å². The molecule has 0 aromatic heterocycles. The Hall–Kier alpha value is 0.0700. The summed E-state index contributed by atoms with van der Waals surface area (Å²) in [7, 11) is 0. The van der Waals surface area contributed by atoms with Crippen molar-refractivity contribution in [1.82, 2.24) is 4.72 Å². The van der Waals surface area contributed by atoms with Gasteiger partial charge in [0.05, 0.1) is 0 Å². The van der Waals surface area contributed by atoms with Crippen molar-refractivity contribution in [3.63, 3.8) is 0 Å². The molecule has 1 rings (SSSR count). The van der Waals surface area contributed by atoms with E-state index in [0.29, 0.717) is 0 Å². The fraction of sp³-hybridized carbons (Fsp3) is 1.00. The first-order valence-corrected chi connectivity index (χ1v) is 5.27. The first-order valence-electron chi connectivity index (χ1n) is 4.16. The van der Waals surface area contributed by atoms with Crippen LogP contribution in [0.1, 0.15) is 38.5 Å². The average molecular weight is 177 g/mol. The van der Waals surface area contributed by atoms with E-state index in [9.17, 15) is 4.21 Å². The monoisotopic (exact) mass is 177 g/mol. The second-order valence-electron chi connectivity index (χ2n) is 3.06. The second-order valence-corrected chi connectivity index (χ2v) is 3.79. The molecule has 1 fully saturated rings. The zero-order chi connectivity index (χ0) is 8.10. The minimum atomic E-state index is -1.82. The Kier molecular flexibility index (Phi) is 4.04. The highest BCUT2D eigenvalue weighted by atomic mass is 32.2. The molecule has 66 valence electrons. The lowest BCUT2D eigenvalue weighted by molar-refractivity contribution is 0.493. The minimum Gasteiger partial charge on any atom is -0.294 e. The lowest BCUT2D eigenvalue weighted by Crippen LogP contribution is -2.29. The van der Waals surface area contributed by atoms with Gasteiger partial charge in [-0.15, -0.1) is 0 Å². The van der Waals surface area contributed by atoms with Crippen molar-refractivity contribution in [3.05, 3.63) is 0 Å². The lowest BCUT2D eigenvalue weighted by atomic mass is 10.1. The molecule has 0 heterocycles. The smallest absolute Gasteiger partial charge is 0.231 e. The topological polar surface area (TPSA) is 49.3 Å². The molecule has 0 radical (unpaired) electrons. The van der Waals surface area contributed by atoms with E-state index >= 15 is 0 Å². The molecule has 0 saturated heterocycles. The standard InChI is InChI=1S/C7H15NO2S/c9-11(10)8-7-5-3-1-2-4-6-7/h7-8H,1-6H2,(H,9,10). The molecule has 0 aromatic rings. The molecule has 1 saturated carbocycles. The van der Waals surface area contributed by atoms with Gasteiger partial charge in [-0.3, -0.25) is 4.55 Å². The van der Waals surface area contributed by atoms with E-state index in [2.05, 4.69) is 4.72 Å². The van der Waals surface area contributed by atoms with Gasteiger partial charge in [0, 0.05) is 6.04 Å². The first kappa shape index (κ1) is 9.16. The second kappa shape index (κ2) is 4.85. The predicted molar refractivity (Wildman–Crippen MR) is 45.4 cm³/mol. The SMILES string of the molecule is O=S(O)NC1CCCCCC1. The molecule has 0 amide bonds. The van der Waals surface area contributed by atoms with Gasteiger partial charge in [0.2, 0.25) is 11.3 Å². The molecule has 0 spiro atoms. The first-order chi connectivity index (χ1) is 5.29. The third-order valence-corrected chi connectivity index (χ3v) is 2.66. The summed E-state index contributed by atoms with van der Waals surface area (Å²) >= 11 is -1.82. The zero-order valence-electron chi connectivity index (χ0n) is 6.58. The van der Waals surface area contributed by atoms with Crippen LogP contribution in [0.4, 0.5) is 0 Å². The van der Waals surface area contributed by atoms with Gasteiger partial charge in [0.15, 0.2) is 0 Å². The molecule has 1 unspecified atom stereocenters. The Morgan fingerprint density at radius 3 is 2.18 bits per heavy atom. The molecule has 11 heavy (non-hydrogen) atoms. The van der Waals surface area contributed by atoms with Gasteiger partial charge in [0.25, 0.3) is 0 Å². The van der Waals surface area contributed by atoms with Gasteiger partial charge in [-0.2, -0.15) is 0 Å². The summed E-state index contributed by atoms with van der Waals surface area (Å²) in [5.41, 5.74) is 0. The Balaban J connectivity index is 2.25. The van der Waals surface area contributed by atoms with Crippen molar-refractivity contribution in [2.45, 2.75) is 44.6 Å². The van der Waals surface area contributed by atoms with Crippen molar-refractivity contribution in [2.75, 3.05) is 0 Å². The van der Waals surface area contributed by atoms with Gasteiger partial charge in [-0.1, -0.05) is 25.7 Å². The van der Waals surface area contributed by atoms with Gasteiger partial charge >= 0.3 is 0 Å². The van der Waals surface area contributed by atoms with Crippen LogP contribution in [0, 0.1) is 0 Å². The highest BCUT2D eigenvalue weighted by Gasteiger charge is 2.12. The Bertz CT molecular complexity index is 132. The summed E-state index contributed by atoms with van der Waals surface area (Å²) in [5, 5.41) is 0. The van der Waals surface area contributed by atoms with Crippen LogP contribution < -0.4 is 4.72 Å². The van der Waals surface area contributed by atoms with E-state index in [4.69, 9.17) is 4.55 Å². The fourth-order valence-corrected chi connectivity index (χ4v) is 2.06. The minimum absolute atomic E-state index is 0.267. The third kappa shape index (κ3) is 3.84. The van der Waals surface area contributed by atoms with Crippen LogP contribution in [0.15, 0.2) is 0 Å². The van der Waals surface area contributed by atoms with Gasteiger partial charge in [0.1, 0.15) is 0 Å². The van der Waals surface area contributed by atoms with Crippen molar-refractivity contribution in [1.29, 1.82) is 0 Å². The molecule has 2 N–H and O–H groups in total. The van der Waals surface area contributed by atoms with Crippen LogP contribution in [0.25, 0.3) is 0 Å². The van der Waals surface area contributed by atoms with E-state index in [0.717, 1.165) is 12.8 Å². The number of hydrogen-bond acceptors (Lipinski definition) is 1. The summed E-state index contributed by atoms with van der Waals surface area (Å²) in [6.07, 6.45) is 7.02. The maximum absolute atomic E-state index is 10.4. The maximum atomic E-state index is 10.4. The predicted octanol–water partition coefficient (Wildman–Crippen LogP) is 1.44. The maximum Gasteiger partial charge on any atom is 0.231 e. The summed E-state index contributed by atoms with van der Waals surface area (Å²) in [5.74, 6) is 0. The van der Waals surface area contributed by atoms with E-state index in [1.165, 1.54) is 25.7 Å². The zero-order valence-corrected chi connectivity index (χ0v) is 7.40. The number of hydrogen-bond donors (Lipinski definition) is 2. The quantitative estimate of drug-likeness (QED) is 0.495. The highest BCUT2D eigenvalue weighted by Crippen LogP contribution is 2.16. The molecule has 1 atom stereocenters. The van der Waals surface area contributed by atoms with Gasteiger partial charge in [-0.25, -0.2) is 8.93 Å². The third-order valence-electron chi connectivity index (χ3n) is 2.12. The van der Waals surface area contributed by atoms with Crippen molar-refractivity contribution in [2.24, 2.45) is 0 Å². The molecule has 4 heteroatoms. The van der Waals surface area contributed by atoms with Crippen LogP contribution in [0.2, 0.25) is 0 Å². The van der Waals surface area contributed by atoms with Gasteiger partial charge < -0.3 is 0 Å². The molecule has 3 nitrogen and oxygen atoms in total. The summed E-state index contributed by atoms with van der Waals surface area (Å²) in [6, 6.07) is 0.267. The molecule has 0 aliphatic heterocycles. The lowest BCUT2D eigenvalue weighted by Gasteiger charge is -2.11.